The van der Waals surface area contributed by atoms with Gasteiger partial charge in [0.2, 0.25) is 11.6 Å². The maximum Gasteiger partial charge on any atom is 0.280 e. The molecule has 5 heterocycles. The van der Waals surface area contributed by atoms with E-state index < -0.39 is 11.6 Å². The Bertz CT molecular complexity index is 1380. The summed E-state index contributed by atoms with van der Waals surface area (Å²) in [4.78, 5) is 38.3. The van der Waals surface area contributed by atoms with Crippen LogP contribution >= 0.6 is 0 Å². The van der Waals surface area contributed by atoms with Gasteiger partial charge >= 0.3 is 0 Å². The third-order valence-electron chi connectivity index (χ3n) is 11.3. The molecule has 4 fully saturated rings. The fraction of sp³-hybridized carbons (Fsp3) is 0.688. The van der Waals surface area contributed by atoms with Crippen LogP contribution in [0.3, 0.4) is 0 Å². The number of nitrogens with one attached hydrogen (secondary N) is 2. The van der Waals surface area contributed by atoms with E-state index in [4.69, 9.17) is 4.74 Å². The number of rotatable bonds is 5. The van der Waals surface area contributed by atoms with Gasteiger partial charge in [0.25, 0.3) is 11.8 Å². The monoisotopic (exact) mass is 563 g/mol. The number of piperidine rings is 1. The fourth-order valence-electron chi connectivity index (χ4n) is 8.77. The third-order valence-corrected chi connectivity index (χ3v) is 11.3. The van der Waals surface area contributed by atoms with E-state index in [1.54, 1.807) is 4.90 Å². The zero-order valence-corrected chi connectivity index (χ0v) is 25.0. The number of ether oxygens (including phenoxy) is 1. The maximum atomic E-state index is 14.5. The highest BCUT2D eigenvalue weighted by molar-refractivity contribution is 5.94. The van der Waals surface area contributed by atoms with Crippen molar-refractivity contribution in [3.8, 4) is 0 Å². The van der Waals surface area contributed by atoms with Crippen LogP contribution < -0.4 is 5.32 Å². The van der Waals surface area contributed by atoms with Gasteiger partial charge in [0.1, 0.15) is 0 Å². The second-order valence-electron chi connectivity index (χ2n) is 13.8. The predicted octanol–water partition coefficient (Wildman–Crippen LogP) is 2.99. The van der Waals surface area contributed by atoms with Crippen LogP contribution in [0.2, 0.25) is 0 Å². The number of hydrogen-bond acceptors (Lipinski definition) is 6. The van der Waals surface area contributed by atoms with Gasteiger partial charge in [0.15, 0.2) is 0 Å². The first-order chi connectivity index (χ1) is 19.6. The van der Waals surface area contributed by atoms with Gasteiger partial charge in [-0.25, -0.2) is 0 Å². The van der Waals surface area contributed by atoms with Crippen molar-refractivity contribution in [2.24, 2.45) is 17.8 Å². The highest BCUT2D eigenvalue weighted by Gasteiger charge is 2.70. The molecule has 5 aliphatic rings. The molecule has 9 nitrogen and oxygen atoms in total. The summed E-state index contributed by atoms with van der Waals surface area (Å²) in [5.74, 6) is -2.48. The maximum absolute atomic E-state index is 14.5. The van der Waals surface area contributed by atoms with Gasteiger partial charge in [-0.15, -0.1) is 0 Å². The molecular weight excluding hydrogens is 518 g/mol. The molecule has 7 rings (SSSR count). The lowest BCUT2D eigenvalue weighted by Gasteiger charge is -2.51. The number of nitrogens with zero attached hydrogens (tertiary/aromatic N) is 3. The van der Waals surface area contributed by atoms with Gasteiger partial charge in [-0.2, -0.15) is 0 Å². The molecule has 2 amide bonds. The topological polar surface area (TPSA) is 101 Å². The smallest absolute Gasteiger partial charge is 0.280 e. The van der Waals surface area contributed by atoms with Crippen molar-refractivity contribution in [3.05, 3.63) is 35.5 Å². The highest BCUT2D eigenvalue weighted by atomic mass is 16.7. The molecule has 1 aromatic carbocycles. The Balaban J connectivity index is 1.20. The standard InChI is InChI=1S/C32H45N5O4/c1-6-19(4)26-17-36-12-8-11-27(36)32(40)37(26)30(39)31(41-32,18(2)3)34-29(38)21-13-23-22-9-7-10-24-28(22)20(15-33-24)14-25(23)35(5)16-21/h7,9-10,15,18-19,21,23,25-27,33,40H,6,8,11-14,16-17H2,1-5H3,(H,34,38)/t19-,21+,23?,25+,26+,27-,31+,32-/m0/s1. The number of aliphatic hydroxyl groups is 1. The molecule has 9 heteroatoms. The average Bonchev–Trinajstić information content (AvgIpc) is 3.65. The number of likely N-dealkylation sites (N-methyl/N-ethyl adjacent to an activating group) is 1. The number of carbonyl (C=O) groups excluding carboxylic acids is 2. The molecule has 4 aliphatic heterocycles. The zero-order chi connectivity index (χ0) is 28.8. The van der Waals surface area contributed by atoms with E-state index in [1.807, 2.05) is 13.8 Å². The van der Waals surface area contributed by atoms with Crippen LogP contribution in [-0.2, 0) is 20.7 Å². The molecule has 0 saturated carbocycles. The Morgan fingerprint density at radius 2 is 2.07 bits per heavy atom. The van der Waals surface area contributed by atoms with E-state index in [0.29, 0.717) is 19.0 Å². The highest BCUT2D eigenvalue weighted by Crippen LogP contribution is 2.49. The van der Waals surface area contributed by atoms with Gasteiger partial charge in [0.05, 0.1) is 18.0 Å². The quantitative estimate of drug-likeness (QED) is 0.517. The second-order valence-corrected chi connectivity index (χ2v) is 13.8. The molecular formula is C32H45N5O4. The predicted molar refractivity (Wildman–Crippen MR) is 156 cm³/mol. The molecule has 41 heavy (non-hydrogen) atoms. The summed E-state index contributed by atoms with van der Waals surface area (Å²) in [7, 11) is 2.11. The minimum atomic E-state index is -1.75. The van der Waals surface area contributed by atoms with Gasteiger partial charge in [-0.1, -0.05) is 46.2 Å². The average molecular weight is 564 g/mol. The molecule has 222 valence electrons. The number of aromatic nitrogens is 1. The Morgan fingerprint density at radius 1 is 1.27 bits per heavy atom. The van der Waals surface area contributed by atoms with E-state index in [9.17, 15) is 14.7 Å². The first-order valence-electron chi connectivity index (χ1n) is 15.7. The third kappa shape index (κ3) is 3.81. The number of carbonyl (C=O) groups is 2. The molecule has 1 aliphatic carbocycles. The van der Waals surface area contributed by atoms with Crippen molar-refractivity contribution >= 4 is 22.7 Å². The van der Waals surface area contributed by atoms with Crippen molar-refractivity contribution in [3.63, 3.8) is 0 Å². The van der Waals surface area contributed by atoms with E-state index >= 15 is 0 Å². The molecule has 0 bridgehead atoms. The second kappa shape index (κ2) is 9.53. The Morgan fingerprint density at radius 3 is 2.83 bits per heavy atom. The van der Waals surface area contributed by atoms with Crippen LogP contribution in [0.5, 0.6) is 0 Å². The fourth-order valence-corrected chi connectivity index (χ4v) is 8.77. The van der Waals surface area contributed by atoms with Gasteiger partial charge in [-0.05, 0) is 62.4 Å². The van der Waals surface area contributed by atoms with E-state index in [0.717, 1.165) is 44.3 Å². The summed E-state index contributed by atoms with van der Waals surface area (Å²) in [6, 6.07) is 6.29. The number of amides is 2. The number of H-pyrrole nitrogens is 1. The van der Waals surface area contributed by atoms with E-state index in [-0.39, 0.29) is 47.6 Å². The largest absolute Gasteiger partial charge is 0.361 e. The lowest BCUT2D eigenvalue weighted by molar-refractivity contribution is -0.331. The van der Waals surface area contributed by atoms with E-state index in [1.165, 1.54) is 16.5 Å². The molecule has 0 spiro atoms. The summed E-state index contributed by atoms with van der Waals surface area (Å²) in [5, 5.41) is 16.6. The molecule has 8 atom stereocenters. The molecule has 1 aromatic heterocycles. The normalized spacial score (nSPS) is 37.8. The molecule has 3 N–H and O–H groups in total. The number of likely N-dealkylation sites (tertiary alicyclic amines) is 1. The Hall–Kier alpha value is -2.46. The first kappa shape index (κ1) is 27.4. The molecule has 4 saturated heterocycles. The first-order valence-corrected chi connectivity index (χ1v) is 15.7. The van der Waals surface area contributed by atoms with Crippen LogP contribution in [0.1, 0.15) is 70.4 Å². The summed E-state index contributed by atoms with van der Waals surface area (Å²) in [5.41, 5.74) is 2.19. The number of aromatic amines is 1. The Labute approximate surface area is 242 Å². The van der Waals surface area contributed by atoms with Crippen LogP contribution in [0.15, 0.2) is 24.4 Å². The lowest BCUT2D eigenvalue weighted by atomic mass is 9.72. The minimum absolute atomic E-state index is 0.170. The van der Waals surface area contributed by atoms with Crippen LogP contribution in [-0.4, -0.2) is 93.0 Å². The summed E-state index contributed by atoms with van der Waals surface area (Å²) < 4.78 is 6.57. The van der Waals surface area contributed by atoms with Gasteiger partial charge in [-0.3, -0.25) is 24.1 Å². The number of benzene rings is 1. The molecule has 1 unspecified atom stereocenters. The van der Waals surface area contributed by atoms with Gasteiger partial charge < -0.3 is 20.3 Å². The van der Waals surface area contributed by atoms with Crippen molar-refractivity contribution < 1.29 is 19.4 Å². The number of fused-ring (bicyclic) bond motifs is 5. The van der Waals surface area contributed by atoms with Gasteiger partial charge in [0, 0.05) is 48.1 Å². The zero-order valence-electron chi connectivity index (χ0n) is 25.0. The lowest BCUT2D eigenvalue weighted by Crippen LogP contribution is -2.70. The SMILES string of the molecule is CC[C@H](C)[C@H]1CN2CCC[C@H]2[C@]2(O)O[C@](NC(=O)[C@@H]3CC4c5cccc6[nH]cc(c56)C[C@H]4N(C)C3)(C(C)C)C(=O)N12. The van der Waals surface area contributed by atoms with Crippen LogP contribution in [0.25, 0.3) is 10.9 Å². The number of hydrogen-bond donors (Lipinski definition) is 3. The Kier molecular flexibility index (Phi) is 6.36. The van der Waals surface area contributed by atoms with Crippen LogP contribution in [0, 0.1) is 17.8 Å². The summed E-state index contributed by atoms with van der Waals surface area (Å²) in [6.45, 7) is 10.3. The van der Waals surface area contributed by atoms with Crippen molar-refractivity contribution in [1.29, 1.82) is 0 Å². The molecule has 2 aromatic rings. The molecule has 0 radical (unpaired) electrons. The summed E-state index contributed by atoms with van der Waals surface area (Å²) >= 11 is 0. The minimum Gasteiger partial charge on any atom is -0.361 e. The van der Waals surface area contributed by atoms with Crippen LogP contribution in [0.4, 0.5) is 0 Å². The number of piperazine rings is 1. The van der Waals surface area contributed by atoms with Crippen molar-refractivity contribution in [2.45, 2.75) is 95.5 Å². The van der Waals surface area contributed by atoms with E-state index in [2.05, 4.69) is 65.4 Å². The van der Waals surface area contributed by atoms with Crippen molar-refractivity contribution in [1.82, 2.24) is 25.0 Å². The van der Waals surface area contributed by atoms with Crippen molar-refractivity contribution in [2.75, 3.05) is 26.7 Å². The summed E-state index contributed by atoms with van der Waals surface area (Å²) in [6.07, 6.45) is 6.41.